The normalized spacial score (nSPS) is 14.6. The fourth-order valence-electron chi connectivity index (χ4n) is 3.20. The molecule has 1 amide bonds. The van der Waals surface area contributed by atoms with Crippen LogP contribution in [0, 0.1) is 12.7 Å². The molecule has 0 unspecified atom stereocenters. The lowest BCUT2D eigenvalue weighted by Crippen LogP contribution is -2.45. The van der Waals surface area contributed by atoms with Gasteiger partial charge in [-0.25, -0.2) is 9.37 Å². The third-order valence-corrected chi connectivity index (χ3v) is 5.73. The first-order valence-electron chi connectivity index (χ1n) is 9.45. The summed E-state index contributed by atoms with van der Waals surface area (Å²) in [6.45, 7) is 3.48. The van der Waals surface area contributed by atoms with Crippen molar-refractivity contribution in [2.75, 3.05) is 18.0 Å². The minimum atomic E-state index is -0.315. The van der Waals surface area contributed by atoms with Gasteiger partial charge in [-0.05, 0) is 56.2 Å². The fraction of sp³-hybridized carbons (Fsp3) is 0.286. The van der Waals surface area contributed by atoms with Crippen molar-refractivity contribution in [2.24, 2.45) is 0 Å². The molecule has 6 nitrogen and oxygen atoms in total. The molecule has 1 fully saturated rings. The Morgan fingerprint density at radius 1 is 1.17 bits per heavy atom. The second-order valence-electron chi connectivity index (χ2n) is 6.90. The van der Waals surface area contributed by atoms with Gasteiger partial charge in [-0.2, -0.15) is 4.98 Å². The minimum Gasteiger partial charge on any atom is -0.439 e. The molecule has 2 aromatic heterocycles. The molecule has 1 aliphatic rings. The molecule has 4 rings (SSSR count). The molecule has 0 bridgehead atoms. The van der Waals surface area contributed by atoms with E-state index >= 15 is 0 Å². The summed E-state index contributed by atoms with van der Waals surface area (Å²) in [6, 6.07) is 11.4. The van der Waals surface area contributed by atoms with Crippen LogP contribution in [0.2, 0.25) is 0 Å². The largest absolute Gasteiger partial charge is 0.439 e. The van der Waals surface area contributed by atoms with Gasteiger partial charge in [0.2, 0.25) is 11.8 Å². The molecule has 150 valence electrons. The second kappa shape index (κ2) is 8.57. The maximum absolute atomic E-state index is 13.0. The van der Waals surface area contributed by atoms with Gasteiger partial charge < -0.3 is 15.0 Å². The lowest BCUT2D eigenvalue weighted by atomic mass is 10.1. The summed E-state index contributed by atoms with van der Waals surface area (Å²) in [5.74, 6) is 1.19. The number of nitrogens with zero attached hydrogens (tertiary/aromatic N) is 3. The summed E-state index contributed by atoms with van der Waals surface area (Å²) in [7, 11) is 0. The van der Waals surface area contributed by atoms with Gasteiger partial charge in [-0.3, -0.25) is 4.79 Å². The van der Waals surface area contributed by atoms with Crippen molar-refractivity contribution in [3.8, 4) is 11.6 Å². The molecule has 1 aromatic carbocycles. The smallest absolute Gasteiger partial charge is 0.261 e. The van der Waals surface area contributed by atoms with Crippen LogP contribution in [-0.4, -0.2) is 35.0 Å². The van der Waals surface area contributed by atoms with Gasteiger partial charge in [0.1, 0.15) is 11.6 Å². The number of thiophene rings is 1. The van der Waals surface area contributed by atoms with Crippen LogP contribution in [0.15, 0.2) is 48.7 Å². The second-order valence-corrected chi connectivity index (χ2v) is 8.18. The van der Waals surface area contributed by atoms with Crippen LogP contribution in [0.1, 0.15) is 27.4 Å². The molecule has 8 heteroatoms. The predicted molar refractivity (Wildman–Crippen MR) is 110 cm³/mol. The standard InChI is InChI=1S/C21H21FN4O2S/c1-14-2-7-18(29-14)20(27)24-16-9-12-26(13-10-16)21-23-11-8-19(25-21)28-17-5-3-15(22)4-6-17/h2-8,11,16H,9-10,12-13H2,1H3,(H,24,27). The summed E-state index contributed by atoms with van der Waals surface area (Å²) in [6.07, 6.45) is 3.29. The SMILES string of the molecule is Cc1ccc(C(=O)NC2CCN(c3nccc(Oc4ccc(F)cc4)n3)CC2)s1. The summed E-state index contributed by atoms with van der Waals surface area (Å²) in [5.41, 5.74) is 0. The van der Waals surface area contributed by atoms with Crippen LogP contribution in [-0.2, 0) is 0 Å². The Morgan fingerprint density at radius 3 is 2.62 bits per heavy atom. The molecule has 3 aromatic rings. The van der Waals surface area contributed by atoms with E-state index < -0.39 is 0 Å². The maximum Gasteiger partial charge on any atom is 0.261 e. The molecule has 1 saturated heterocycles. The molecular weight excluding hydrogens is 391 g/mol. The number of hydrogen-bond donors (Lipinski definition) is 1. The topological polar surface area (TPSA) is 67.4 Å². The van der Waals surface area contributed by atoms with Gasteiger partial charge in [0.15, 0.2) is 0 Å². The van der Waals surface area contributed by atoms with Crippen molar-refractivity contribution in [3.05, 3.63) is 64.2 Å². The van der Waals surface area contributed by atoms with Gasteiger partial charge >= 0.3 is 0 Å². The van der Waals surface area contributed by atoms with E-state index in [1.165, 1.54) is 23.5 Å². The Bertz CT molecular complexity index is 984. The number of carbonyl (C=O) groups excluding carboxylic acids is 1. The minimum absolute atomic E-state index is 0.00695. The number of anilines is 1. The van der Waals surface area contributed by atoms with Gasteiger partial charge in [0.25, 0.3) is 5.91 Å². The summed E-state index contributed by atoms with van der Waals surface area (Å²) >= 11 is 1.51. The van der Waals surface area contributed by atoms with Crippen molar-refractivity contribution >= 4 is 23.2 Å². The van der Waals surface area contributed by atoms with E-state index in [9.17, 15) is 9.18 Å². The number of amides is 1. The number of piperidine rings is 1. The van der Waals surface area contributed by atoms with Crippen molar-refractivity contribution in [1.82, 2.24) is 15.3 Å². The van der Waals surface area contributed by atoms with Crippen molar-refractivity contribution in [2.45, 2.75) is 25.8 Å². The van der Waals surface area contributed by atoms with Crippen LogP contribution >= 0.6 is 11.3 Å². The van der Waals surface area contributed by atoms with E-state index in [1.54, 1.807) is 24.4 Å². The molecule has 0 saturated carbocycles. The number of ether oxygens (including phenoxy) is 1. The van der Waals surface area contributed by atoms with Crippen LogP contribution < -0.4 is 15.0 Å². The lowest BCUT2D eigenvalue weighted by Gasteiger charge is -2.32. The predicted octanol–water partition coefficient (Wildman–Crippen LogP) is 4.18. The number of aryl methyl sites for hydroxylation is 1. The summed E-state index contributed by atoms with van der Waals surface area (Å²) in [4.78, 5) is 25.1. The Kier molecular flexibility index (Phi) is 5.71. The number of halogens is 1. The van der Waals surface area contributed by atoms with Gasteiger partial charge in [0, 0.05) is 36.3 Å². The molecule has 29 heavy (non-hydrogen) atoms. The number of nitrogens with one attached hydrogen (secondary N) is 1. The van der Waals surface area contributed by atoms with Crippen molar-refractivity contribution in [1.29, 1.82) is 0 Å². The molecule has 3 heterocycles. The average Bonchev–Trinajstić information content (AvgIpc) is 3.17. The fourth-order valence-corrected chi connectivity index (χ4v) is 3.97. The highest BCUT2D eigenvalue weighted by Crippen LogP contribution is 2.23. The Hall–Kier alpha value is -3.00. The maximum atomic E-state index is 13.0. The molecule has 1 aliphatic heterocycles. The molecular formula is C21H21FN4O2S. The number of carbonyl (C=O) groups is 1. The highest BCUT2D eigenvalue weighted by Gasteiger charge is 2.23. The highest BCUT2D eigenvalue weighted by atomic mass is 32.1. The molecule has 0 spiro atoms. The van der Waals surface area contributed by atoms with E-state index in [-0.39, 0.29) is 17.8 Å². The molecule has 1 N–H and O–H groups in total. The number of rotatable bonds is 5. The van der Waals surface area contributed by atoms with Crippen LogP contribution in [0.25, 0.3) is 0 Å². The van der Waals surface area contributed by atoms with Crippen molar-refractivity contribution in [3.63, 3.8) is 0 Å². The van der Waals surface area contributed by atoms with E-state index in [0.717, 1.165) is 35.7 Å². The number of aromatic nitrogens is 2. The average molecular weight is 412 g/mol. The molecule has 0 radical (unpaired) electrons. The first-order valence-corrected chi connectivity index (χ1v) is 10.3. The Morgan fingerprint density at radius 2 is 1.93 bits per heavy atom. The van der Waals surface area contributed by atoms with Crippen LogP contribution in [0.4, 0.5) is 10.3 Å². The Labute approximate surface area is 172 Å². The zero-order chi connectivity index (χ0) is 20.2. The summed E-state index contributed by atoms with van der Waals surface area (Å²) < 4.78 is 18.7. The molecule has 0 atom stereocenters. The number of benzene rings is 1. The monoisotopic (exact) mass is 412 g/mol. The van der Waals surface area contributed by atoms with Gasteiger partial charge in [-0.1, -0.05) is 0 Å². The number of hydrogen-bond acceptors (Lipinski definition) is 6. The highest BCUT2D eigenvalue weighted by molar-refractivity contribution is 7.13. The first-order chi connectivity index (χ1) is 14.1. The van der Waals surface area contributed by atoms with Crippen LogP contribution in [0.3, 0.4) is 0 Å². The third kappa shape index (κ3) is 4.89. The van der Waals surface area contributed by atoms with E-state index in [0.29, 0.717) is 17.6 Å². The lowest BCUT2D eigenvalue weighted by molar-refractivity contribution is 0.0935. The van der Waals surface area contributed by atoms with E-state index in [2.05, 4.69) is 20.2 Å². The van der Waals surface area contributed by atoms with E-state index in [4.69, 9.17) is 4.74 Å². The van der Waals surface area contributed by atoms with Gasteiger partial charge in [0.05, 0.1) is 4.88 Å². The Balaban J connectivity index is 1.33. The zero-order valence-corrected chi connectivity index (χ0v) is 16.8. The molecule has 0 aliphatic carbocycles. The summed E-state index contributed by atoms with van der Waals surface area (Å²) in [5, 5.41) is 3.12. The third-order valence-electron chi connectivity index (χ3n) is 4.73. The van der Waals surface area contributed by atoms with Gasteiger partial charge in [-0.15, -0.1) is 11.3 Å². The first kappa shape index (κ1) is 19.3. The van der Waals surface area contributed by atoms with Crippen molar-refractivity contribution < 1.29 is 13.9 Å². The zero-order valence-electron chi connectivity index (χ0n) is 16.0. The quantitative estimate of drug-likeness (QED) is 0.681. The van der Waals surface area contributed by atoms with Crippen LogP contribution in [0.5, 0.6) is 11.6 Å². The van der Waals surface area contributed by atoms with E-state index in [1.807, 2.05) is 19.1 Å².